The van der Waals surface area contributed by atoms with Gasteiger partial charge in [0.1, 0.15) is 5.82 Å². The summed E-state index contributed by atoms with van der Waals surface area (Å²) in [6.07, 6.45) is 1.65. The van der Waals surface area contributed by atoms with E-state index in [4.69, 9.17) is 4.98 Å². The summed E-state index contributed by atoms with van der Waals surface area (Å²) >= 11 is 3.35. The molecule has 28 heavy (non-hydrogen) atoms. The molecule has 0 spiro atoms. The minimum absolute atomic E-state index is 0.228. The smallest absolute Gasteiger partial charge is 0.257 e. The zero-order chi connectivity index (χ0) is 19.8. The molecule has 7 heteroatoms. The molecule has 0 saturated heterocycles. The molecule has 1 aromatic carbocycles. The topological polar surface area (TPSA) is 72.7 Å². The summed E-state index contributed by atoms with van der Waals surface area (Å²) in [4.78, 5) is 22.1. The van der Waals surface area contributed by atoms with Gasteiger partial charge in [-0.3, -0.25) is 9.48 Å². The summed E-state index contributed by atoms with van der Waals surface area (Å²) in [7, 11) is 1.90. The predicted molar refractivity (Wildman–Crippen MR) is 113 cm³/mol. The Morgan fingerprint density at radius 2 is 1.93 bits per heavy atom. The first kappa shape index (κ1) is 18.3. The van der Waals surface area contributed by atoms with E-state index < -0.39 is 0 Å². The minimum atomic E-state index is -0.228. The quantitative estimate of drug-likeness (QED) is 0.507. The van der Waals surface area contributed by atoms with Crippen LogP contribution in [0.4, 0.5) is 5.82 Å². The molecule has 0 fully saturated rings. The molecule has 4 aromatic rings. The van der Waals surface area contributed by atoms with E-state index in [2.05, 4.69) is 31.3 Å². The molecule has 6 nitrogen and oxygen atoms in total. The van der Waals surface area contributed by atoms with E-state index in [1.807, 2.05) is 62.0 Å². The molecule has 4 rings (SSSR count). The normalized spacial score (nSPS) is 11.0. The van der Waals surface area contributed by atoms with Crippen LogP contribution in [0, 0.1) is 13.8 Å². The maximum Gasteiger partial charge on any atom is 0.257 e. The third-order valence-electron chi connectivity index (χ3n) is 4.69. The van der Waals surface area contributed by atoms with Crippen LogP contribution < -0.4 is 5.32 Å². The molecule has 3 heterocycles. The third-order valence-corrected chi connectivity index (χ3v) is 5.16. The van der Waals surface area contributed by atoms with Crippen molar-refractivity contribution >= 4 is 38.6 Å². The molecule has 1 N–H and O–H groups in total. The van der Waals surface area contributed by atoms with Crippen LogP contribution in [0.25, 0.3) is 22.2 Å². The van der Waals surface area contributed by atoms with Crippen molar-refractivity contribution in [2.75, 3.05) is 5.32 Å². The molecule has 0 saturated carbocycles. The fourth-order valence-corrected chi connectivity index (χ4v) is 3.50. The second-order valence-electron chi connectivity index (χ2n) is 6.56. The minimum Gasteiger partial charge on any atom is -0.307 e. The SMILES string of the molecule is Cc1nn(C)c(C)c1-c1cc(C(=O)Nc2ccc(Br)cn2)c2ccccc2n1. The number of hydrogen-bond donors (Lipinski definition) is 1. The van der Waals surface area contributed by atoms with Crippen LogP contribution >= 0.6 is 15.9 Å². The monoisotopic (exact) mass is 435 g/mol. The molecule has 140 valence electrons. The molecule has 0 bridgehead atoms. The Balaban J connectivity index is 1.85. The van der Waals surface area contributed by atoms with Gasteiger partial charge in [-0.15, -0.1) is 0 Å². The zero-order valence-corrected chi connectivity index (χ0v) is 17.3. The van der Waals surface area contributed by atoms with Gasteiger partial charge < -0.3 is 5.32 Å². The van der Waals surface area contributed by atoms with Gasteiger partial charge in [-0.1, -0.05) is 18.2 Å². The first-order valence-corrected chi connectivity index (χ1v) is 9.56. The maximum absolute atomic E-state index is 13.1. The van der Waals surface area contributed by atoms with E-state index in [9.17, 15) is 4.79 Å². The highest BCUT2D eigenvalue weighted by molar-refractivity contribution is 9.10. The number of nitrogens with zero attached hydrogens (tertiary/aromatic N) is 4. The zero-order valence-electron chi connectivity index (χ0n) is 15.7. The molecule has 0 aliphatic carbocycles. The van der Waals surface area contributed by atoms with Crippen molar-refractivity contribution < 1.29 is 4.79 Å². The fourth-order valence-electron chi connectivity index (χ4n) is 3.27. The van der Waals surface area contributed by atoms with E-state index in [-0.39, 0.29) is 5.91 Å². The Morgan fingerprint density at radius 1 is 1.14 bits per heavy atom. The van der Waals surface area contributed by atoms with Gasteiger partial charge in [-0.25, -0.2) is 9.97 Å². The van der Waals surface area contributed by atoms with E-state index >= 15 is 0 Å². The largest absolute Gasteiger partial charge is 0.307 e. The predicted octanol–water partition coefficient (Wildman–Crippen LogP) is 4.66. The van der Waals surface area contributed by atoms with Crippen LogP contribution in [0.3, 0.4) is 0 Å². The molecule has 3 aromatic heterocycles. The number of aryl methyl sites for hydroxylation is 2. The van der Waals surface area contributed by atoms with Crippen LogP contribution in [0.15, 0.2) is 53.1 Å². The first-order chi connectivity index (χ1) is 13.4. The van der Waals surface area contributed by atoms with Gasteiger partial charge in [0.2, 0.25) is 0 Å². The van der Waals surface area contributed by atoms with Gasteiger partial charge in [-0.2, -0.15) is 5.10 Å². The number of rotatable bonds is 3. The van der Waals surface area contributed by atoms with Gasteiger partial charge in [-0.05, 0) is 54.0 Å². The number of para-hydroxylation sites is 1. The van der Waals surface area contributed by atoms with Gasteiger partial charge in [0, 0.05) is 34.4 Å². The molecule has 0 atom stereocenters. The van der Waals surface area contributed by atoms with Gasteiger partial charge in [0.25, 0.3) is 5.91 Å². The highest BCUT2D eigenvalue weighted by Gasteiger charge is 2.18. The summed E-state index contributed by atoms with van der Waals surface area (Å²) in [5, 5.41) is 8.14. The summed E-state index contributed by atoms with van der Waals surface area (Å²) < 4.78 is 2.68. The molecule has 0 aliphatic heterocycles. The number of fused-ring (bicyclic) bond motifs is 1. The van der Waals surface area contributed by atoms with Crippen molar-refractivity contribution in [3.05, 3.63) is 70.1 Å². The average Bonchev–Trinajstić information content (AvgIpc) is 2.94. The summed E-state index contributed by atoms with van der Waals surface area (Å²) in [6, 6.07) is 13.0. The lowest BCUT2D eigenvalue weighted by Gasteiger charge is -2.11. The van der Waals surface area contributed by atoms with Crippen molar-refractivity contribution in [2.45, 2.75) is 13.8 Å². The van der Waals surface area contributed by atoms with Crippen molar-refractivity contribution in [3.63, 3.8) is 0 Å². The number of carbonyl (C=O) groups excluding carboxylic acids is 1. The number of hydrogen-bond acceptors (Lipinski definition) is 4. The number of halogens is 1. The Bertz CT molecular complexity index is 1200. The highest BCUT2D eigenvalue weighted by atomic mass is 79.9. The van der Waals surface area contributed by atoms with E-state index in [0.717, 1.165) is 38.0 Å². The number of aromatic nitrogens is 4. The fraction of sp³-hybridized carbons (Fsp3) is 0.143. The second-order valence-corrected chi connectivity index (χ2v) is 7.47. The molecular weight excluding hydrogens is 418 g/mol. The van der Waals surface area contributed by atoms with Gasteiger partial charge in [0.05, 0.1) is 22.5 Å². The van der Waals surface area contributed by atoms with E-state index in [1.165, 1.54) is 0 Å². The van der Waals surface area contributed by atoms with Gasteiger partial charge >= 0.3 is 0 Å². The molecule has 0 radical (unpaired) electrons. The summed E-state index contributed by atoms with van der Waals surface area (Å²) in [6.45, 7) is 3.95. The Labute approximate surface area is 170 Å². The third kappa shape index (κ3) is 3.29. The van der Waals surface area contributed by atoms with E-state index in [1.54, 1.807) is 12.3 Å². The van der Waals surface area contributed by atoms with Crippen molar-refractivity contribution in [2.24, 2.45) is 7.05 Å². The lowest BCUT2D eigenvalue weighted by molar-refractivity contribution is 0.102. The Morgan fingerprint density at radius 3 is 2.61 bits per heavy atom. The summed E-state index contributed by atoms with van der Waals surface area (Å²) in [5.74, 6) is 0.262. The van der Waals surface area contributed by atoms with Crippen molar-refractivity contribution in [1.29, 1.82) is 0 Å². The second kappa shape index (κ2) is 7.16. The number of benzene rings is 1. The highest BCUT2D eigenvalue weighted by Crippen LogP contribution is 2.29. The number of anilines is 1. The number of nitrogens with one attached hydrogen (secondary N) is 1. The van der Waals surface area contributed by atoms with Crippen LogP contribution in [-0.4, -0.2) is 25.7 Å². The van der Waals surface area contributed by atoms with Crippen LogP contribution in [0.5, 0.6) is 0 Å². The molecule has 0 aliphatic rings. The molecule has 0 unspecified atom stereocenters. The lowest BCUT2D eigenvalue weighted by Crippen LogP contribution is -2.14. The average molecular weight is 436 g/mol. The van der Waals surface area contributed by atoms with Crippen LogP contribution in [0.2, 0.25) is 0 Å². The lowest BCUT2D eigenvalue weighted by atomic mass is 10.0. The van der Waals surface area contributed by atoms with Crippen LogP contribution in [0.1, 0.15) is 21.7 Å². The first-order valence-electron chi connectivity index (χ1n) is 8.77. The van der Waals surface area contributed by atoms with Crippen molar-refractivity contribution in [1.82, 2.24) is 19.7 Å². The summed E-state index contributed by atoms with van der Waals surface area (Å²) in [5.41, 5.74) is 4.87. The van der Waals surface area contributed by atoms with E-state index in [0.29, 0.717) is 11.4 Å². The van der Waals surface area contributed by atoms with Crippen LogP contribution in [-0.2, 0) is 7.05 Å². The molecular formula is C21H18BrN5O. The number of amides is 1. The molecule has 1 amide bonds. The number of pyridine rings is 2. The maximum atomic E-state index is 13.1. The van der Waals surface area contributed by atoms with Crippen molar-refractivity contribution in [3.8, 4) is 11.3 Å². The standard InChI is InChI=1S/C21H18BrN5O/c1-12-20(13(2)27(3)26-12)18-10-16(15-6-4-5-7-17(15)24-18)21(28)25-19-9-8-14(22)11-23-19/h4-11H,1-3H3,(H,23,25,28). The Kier molecular flexibility index (Phi) is 4.68. The Hall–Kier alpha value is -3.06. The van der Waals surface area contributed by atoms with Gasteiger partial charge in [0.15, 0.2) is 0 Å². The number of carbonyl (C=O) groups is 1.